The highest BCUT2D eigenvalue weighted by atomic mass is 16.5. The smallest absolute Gasteiger partial charge is 0.193 e. The average Bonchev–Trinajstić information content (AvgIpc) is 3.34. The predicted molar refractivity (Wildman–Crippen MR) is 104 cm³/mol. The number of aryl methyl sites for hydroxylation is 1. The molecule has 8 heteroatoms. The second-order valence-corrected chi connectivity index (χ2v) is 7.32. The highest BCUT2D eigenvalue weighted by Gasteiger charge is 2.20. The zero-order valence-electron chi connectivity index (χ0n) is 16.7. The third-order valence-electron chi connectivity index (χ3n) is 5.07. The first-order valence-electron chi connectivity index (χ1n) is 10.00. The van der Waals surface area contributed by atoms with Crippen molar-refractivity contribution in [3.8, 4) is 0 Å². The minimum atomic E-state index is 0.586. The number of ether oxygens (including phenoxy) is 2. The maximum Gasteiger partial charge on any atom is 0.193 e. The number of hydrogen-bond donors (Lipinski definition) is 1. The monoisotopic (exact) mass is 379 g/mol. The topological polar surface area (TPSA) is 75.4 Å². The minimum absolute atomic E-state index is 0.586. The van der Waals surface area contributed by atoms with Crippen LogP contribution in [0.5, 0.6) is 0 Å². The normalized spacial score (nSPS) is 21.8. The Bertz CT molecular complexity index is 578. The van der Waals surface area contributed by atoms with Gasteiger partial charge in [-0.2, -0.15) is 0 Å². The third kappa shape index (κ3) is 6.48. The Morgan fingerprint density at radius 1 is 1.37 bits per heavy atom. The van der Waals surface area contributed by atoms with Gasteiger partial charge in [0.05, 0.1) is 18.9 Å². The number of rotatable bonds is 8. The van der Waals surface area contributed by atoms with E-state index < -0.39 is 0 Å². The molecule has 2 saturated heterocycles. The molecule has 1 aromatic rings. The Balaban J connectivity index is 1.28. The van der Waals surface area contributed by atoms with E-state index in [0.717, 1.165) is 96.0 Å². The van der Waals surface area contributed by atoms with Crippen LogP contribution in [0.3, 0.4) is 0 Å². The summed E-state index contributed by atoms with van der Waals surface area (Å²) in [5.74, 6) is 2.44. The van der Waals surface area contributed by atoms with E-state index in [1.54, 1.807) is 0 Å². The standard InChI is InChI=1S/C19H33N5O3/c1-16-12-18(22-27-16)13-23-6-8-24(9-7-23)19(20-2)21-5-3-10-25-14-17-4-11-26-15-17/h12,17H,3-11,13-15H2,1-2H3,(H,20,21). The number of nitrogens with zero attached hydrogens (tertiary/aromatic N) is 4. The van der Waals surface area contributed by atoms with E-state index in [1.165, 1.54) is 0 Å². The number of aliphatic imine (C=N–C) groups is 1. The van der Waals surface area contributed by atoms with Gasteiger partial charge in [-0.15, -0.1) is 0 Å². The summed E-state index contributed by atoms with van der Waals surface area (Å²) in [6.07, 6.45) is 2.12. The molecule has 1 aromatic heterocycles. The van der Waals surface area contributed by atoms with Crippen LogP contribution in [0.25, 0.3) is 0 Å². The lowest BCUT2D eigenvalue weighted by molar-refractivity contribution is 0.0886. The molecule has 0 aliphatic carbocycles. The first kappa shape index (κ1) is 20.1. The van der Waals surface area contributed by atoms with Crippen LogP contribution in [0.4, 0.5) is 0 Å². The lowest BCUT2D eigenvalue weighted by atomic mass is 10.1. The van der Waals surface area contributed by atoms with Crippen LogP contribution in [-0.4, -0.2) is 87.1 Å². The van der Waals surface area contributed by atoms with Crippen molar-refractivity contribution >= 4 is 5.96 Å². The molecule has 27 heavy (non-hydrogen) atoms. The fraction of sp³-hybridized carbons (Fsp3) is 0.789. The van der Waals surface area contributed by atoms with Crippen LogP contribution in [0.2, 0.25) is 0 Å². The molecular weight excluding hydrogens is 346 g/mol. The Morgan fingerprint density at radius 2 is 2.22 bits per heavy atom. The Hall–Kier alpha value is -1.64. The summed E-state index contributed by atoms with van der Waals surface area (Å²) in [4.78, 5) is 9.16. The highest BCUT2D eigenvalue weighted by molar-refractivity contribution is 5.79. The van der Waals surface area contributed by atoms with Crippen molar-refractivity contribution in [2.45, 2.75) is 26.3 Å². The second-order valence-electron chi connectivity index (χ2n) is 7.32. The zero-order valence-corrected chi connectivity index (χ0v) is 16.7. The van der Waals surface area contributed by atoms with Crippen molar-refractivity contribution in [3.63, 3.8) is 0 Å². The van der Waals surface area contributed by atoms with Gasteiger partial charge in [0.2, 0.25) is 0 Å². The van der Waals surface area contributed by atoms with E-state index in [-0.39, 0.29) is 0 Å². The van der Waals surface area contributed by atoms with Crippen LogP contribution in [0.1, 0.15) is 24.3 Å². The predicted octanol–water partition coefficient (Wildman–Crippen LogP) is 1.12. The van der Waals surface area contributed by atoms with E-state index in [0.29, 0.717) is 5.92 Å². The summed E-state index contributed by atoms with van der Waals surface area (Å²) in [6, 6.07) is 2.01. The van der Waals surface area contributed by atoms with Crippen LogP contribution in [0.15, 0.2) is 15.6 Å². The van der Waals surface area contributed by atoms with Crippen molar-refractivity contribution < 1.29 is 14.0 Å². The van der Waals surface area contributed by atoms with Gasteiger partial charge in [-0.05, 0) is 19.8 Å². The largest absolute Gasteiger partial charge is 0.381 e. The summed E-state index contributed by atoms with van der Waals surface area (Å²) < 4.78 is 16.3. The fourth-order valence-corrected chi connectivity index (χ4v) is 3.51. The molecule has 3 rings (SSSR count). The molecule has 8 nitrogen and oxygen atoms in total. The molecule has 1 unspecified atom stereocenters. The number of hydrogen-bond acceptors (Lipinski definition) is 6. The Labute approximate surface area is 161 Å². The van der Waals surface area contributed by atoms with E-state index in [2.05, 4.69) is 25.3 Å². The van der Waals surface area contributed by atoms with E-state index in [9.17, 15) is 0 Å². The lowest BCUT2D eigenvalue weighted by Crippen LogP contribution is -2.52. The molecule has 0 radical (unpaired) electrons. The second kappa shape index (κ2) is 10.6. The maximum atomic E-state index is 5.76. The van der Waals surface area contributed by atoms with Gasteiger partial charge in [0, 0.05) is 71.5 Å². The van der Waals surface area contributed by atoms with Gasteiger partial charge < -0.3 is 24.2 Å². The van der Waals surface area contributed by atoms with Crippen molar-refractivity contribution in [1.29, 1.82) is 0 Å². The van der Waals surface area contributed by atoms with Gasteiger partial charge in [0.15, 0.2) is 5.96 Å². The fourth-order valence-electron chi connectivity index (χ4n) is 3.51. The zero-order chi connectivity index (χ0) is 18.9. The SMILES string of the molecule is CN=C(NCCCOCC1CCOC1)N1CCN(Cc2cc(C)on2)CC1. The van der Waals surface area contributed by atoms with Crippen LogP contribution >= 0.6 is 0 Å². The molecule has 0 aromatic carbocycles. The van der Waals surface area contributed by atoms with Crippen LogP contribution in [-0.2, 0) is 16.0 Å². The van der Waals surface area contributed by atoms with Crippen molar-refractivity contribution in [2.24, 2.45) is 10.9 Å². The quantitative estimate of drug-likeness (QED) is 0.412. The maximum absolute atomic E-state index is 5.76. The summed E-state index contributed by atoms with van der Waals surface area (Å²) in [5, 5.41) is 7.55. The molecule has 0 bridgehead atoms. The van der Waals surface area contributed by atoms with Crippen molar-refractivity contribution in [1.82, 2.24) is 20.3 Å². The van der Waals surface area contributed by atoms with Gasteiger partial charge in [0.25, 0.3) is 0 Å². The summed E-state index contributed by atoms with van der Waals surface area (Å²) in [7, 11) is 1.85. The summed E-state index contributed by atoms with van der Waals surface area (Å²) >= 11 is 0. The molecule has 2 aliphatic heterocycles. The Kier molecular flexibility index (Phi) is 7.92. The molecule has 2 aliphatic rings. The number of guanidine groups is 1. The van der Waals surface area contributed by atoms with Crippen LogP contribution in [0, 0.1) is 12.8 Å². The first-order valence-corrected chi connectivity index (χ1v) is 10.00. The molecule has 2 fully saturated rings. The number of aromatic nitrogens is 1. The molecule has 3 heterocycles. The molecule has 0 amide bonds. The van der Waals surface area contributed by atoms with Crippen LogP contribution < -0.4 is 5.32 Å². The summed E-state index contributed by atoms with van der Waals surface area (Å²) in [6.45, 7) is 10.9. The number of nitrogens with one attached hydrogen (secondary N) is 1. The molecule has 1 atom stereocenters. The highest BCUT2D eigenvalue weighted by Crippen LogP contribution is 2.12. The van der Waals surface area contributed by atoms with E-state index in [1.807, 2.05) is 20.0 Å². The molecule has 152 valence electrons. The van der Waals surface area contributed by atoms with Gasteiger partial charge in [-0.3, -0.25) is 9.89 Å². The average molecular weight is 380 g/mol. The minimum Gasteiger partial charge on any atom is -0.381 e. The molecule has 0 spiro atoms. The first-order chi connectivity index (χ1) is 13.2. The van der Waals surface area contributed by atoms with Gasteiger partial charge >= 0.3 is 0 Å². The lowest BCUT2D eigenvalue weighted by Gasteiger charge is -2.36. The Morgan fingerprint density at radius 3 is 2.89 bits per heavy atom. The third-order valence-corrected chi connectivity index (χ3v) is 5.07. The van der Waals surface area contributed by atoms with E-state index in [4.69, 9.17) is 14.0 Å². The van der Waals surface area contributed by atoms with Crippen molar-refractivity contribution in [2.75, 3.05) is 66.2 Å². The summed E-state index contributed by atoms with van der Waals surface area (Å²) in [5.41, 5.74) is 1.01. The molecule has 1 N–H and O–H groups in total. The van der Waals surface area contributed by atoms with Gasteiger partial charge in [0.1, 0.15) is 5.76 Å². The van der Waals surface area contributed by atoms with E-state index >= 15 is 0 Å². The van der Waals surface area contributed by atoms with Gasteiger partial charge in [-0.1, -0.05) is 5.16 Å². The van der Waals surface area contributed by atoms with Gasteiger partial charge in [-0.25, -0.2) is 0 Å². The van der Waals surface area contributed by atoms with Crippen molar-refractivity contribution in [3.05, 3.63) is 17.5 Å². The molecule has 0 saturated carbocycles. The number of piperazine rings is 1. The molecular formula is C19H33N5O3.